The molecule has 0 atom stereocenters. The lowest BCUT2D eigenvalue weighted by Crippen LogP contribution is -2.21. The summed E-state index contributed by atoms with van der Waals surface area (Å²) in [4.78, 5) is 12.7. The summed E-state index contributed by atoms with van der Waals surface area (Å²) < 4.78 is 40.4. The summed E-state index contributed by atoms with van der Waals surface area (Å²) in [6.45, 7) is 8.40. The standard InChI is InChI=1S/C31H34N2O5S/c1-6-33-20-25(19-32-33)24-12-15-29(30(17-24)39(35,36)21-26(34)18-31(2,3)4)38-28-9-7-8-23(16-28)22-10-13-27(37-5)14-11-22/h7-17,19-20H,6,18,21H2,1-5H3. The normalized spacial score (nSPS) is 11.8. The van der Waals surface area contributed by atoms with Crippen molar-refractivity contribution in [3.05, 3.63) is 79.1 Å². The summed E-state index contributed by atoms with van der Waals surface area (Å²) in [5, 5.41) is 4.31. The number of ether oxygens (including phenoxy) is 2. The number of rotatable bonds is 10. The number of sulfone groups is 1. The third-order valence-electron chi connectivity index (χ3n) is 6.13. The molecule has 0 saturated heterocycles. The average Bonchev–Trinajstić information content (AvgIpc) is 3.37. The van der Waals surface area contributed by atoms with E-state index < -0.39 is 15.6 Å². The van der Waals surface area contributed by atoms with E-state index in [0.717, 1.165) is 22.4 Å². The first kappa shape index (κ1) is 28.1. The maximum Gasteiger partial charge on any atom is 0.189 e. The second-order valence-electron chi connectivity index (χ2n) is 10.6. The van der Waals surface area contributed by atoms with E-state index in [2.05, 4.69) is 5.10 Å². The number of methoxy groups -OCH3 is 1. The number of carbonyl (C=O) groups excluding carboxylic acids is 1. The molecule has 39 heavy (non-hydrogen) atoms. The number of hydrogen-bond acceptors (Lipinski definition) is 6. The van der Waals surface area contributed by atoms with E-state index in [9.17, 15) is 13.2 Å². The van der Waals surface area contributed by atoms with E-state index in [-0.39, 0.29) is 28.3 Å². The summed E-state index contributed by atoms with van der Waals surface area (Å²) in [7, 11) is -2.38. The van der Waals surface area contributed by atoms with E-state index in [1.807, 2.05) is 76.4 Å². The smallest absolute Gasteiger partial charge is 0.189 e. The zero-order valence-corrected chi connectivity index (χ0v) is 23.8. The molecule has 1 aromatic heterocycles. The van der Waals surface area contributed by atoms with E-state index >= 15 is 0 Å². The van der Waals surface area contributed by atoms with Crippen molar-refractivity contribution in [3.8, 4) is 39.5 Å². The average molecular weight is 547 g/mol. The van der Waals surface area contributed by atoms with Crippen LogP contribution in [0.1, 0.15) is 34.1 Å². The summed E-state index contributed by atoms with van der Waals surface area (Å²) in [6.07, 6.45) is 3.71. The zero-order valence-electron chi connectivity index (χ0n) is 23.0. The van der Waals surface area contributed by atoms with E-state index in [1.54, 1.807) is 42.3 Å². The van der Waals surface area contributed by atoms with Gasteiger partial charge in [-0.2, -0.15) is 5.10 Å². The molecule has 3 aromatic carbocycles. The molecule has 0 N–H and O–H groups in total. The molecular weight excluding hydrogens is 512 g/mol. The summed E-state index contributed by atoms with van der Waals surface area (Å²) >= 11 is 0. The van der Waals surface area contributed by atoms with Gasteiger partial charge in [0.15, 0.2) is 9.84 Å². The van der Waals surface area contributed by atoms with E-state index in [1.165, 1.54) is 0 Å². The molecule has 0 fully saturated rings. The highest BCUT2D eigenvalue weighted by atomic mass is 32.2. The quantitative estimate of drug-likeness (QED) is 0.217. The molecule has 4 aromatic rings. The molecule has 0 aliphatic carbocycles. The molecule has 0 unspecified atom stereocenters. The Labute approximate surface area is 230 Å². The maximum absolute atomic E-state index is 13.6. The number of ketones is 1. The Kier molecular flexibility index (Phi) is 8.25. The molecule has 0 spiro atoms. The van der Waals surface area contributed by atoms with Crippen molar-refractivity contribution in [3.63, 3.8) is 0 Å². The monoisotopic (exact) mass is 546 g/mol. The molecule has 4 rings (SSSR count). The molecule has 0 aliphatic rings. The highest BCUT2D eigenvalue weighted by Gasteiger charge is 2.27. The predicted octanol–water partition coefficient (Wildman–Crippen LogP) is 6.82. The van der Waals surface area contributed by atoms with Crippen LogP contribution in [0.2, 0.25) is 0 Å². The lowest BCUT2D eigenvalue weighted by atomic mass is 9.90. The van der Waals surface area contributed by atoms with Crippen molar-refractivity contribution in [2.45, 2.75) is 45.6 Å². The lowest BCUT2D eigenvalue weighted by molar-refractivity contribution is -0.118. The minimum absolute atomic E-state index is 0.0265. The van der Waals surface area contributed by atoms with Crippen LogP contribution >= 0.6 is 0 Å². The third-order valence-corrected chi connectivity index (χ3v) is 7.82. The Hall–Kier alpha value is -3.91. The largest absolute Gasteiger partial charge is 0.497 e. The van der Waals surface area contributed by atoms with Gasteiger partial charge in [0.05, 0.1) is 13.3 Å². The Morgan fingerprint density at radius 3 is 2.23 bits per heavy atom. The topological polar surface area (TPSA) is 87.5 Å². The maximum atomic E-state index is 13.6. The van der Waals surface area contributed by atoms with Gasteiger partial charge in [0.2, 0.25) is 0 Å². The van der Waals surface area contributed by atoms with Gasteiger partial charge in [0.25, 0.3) is 0 Å². The van der Waals surface area contributed by atoms with Gasteiger partial charge < -0.3 is 9.47 Å². The molecule has 0 saturated carbocycles. The van der Waals surface area contributed by atoms with Crippen LogP contribution in [0, 0.1) is 5.41 Å². The second-order valence-corrected chi connectivity index (χ2v) is 12.6. The van der Waals surface area contributed by atoms with Crippen LogP contribution in [0.3, 0.4) is 0 Å². The molecule has 0 bridgehead atoms. The minimum atomic E-state index is -4.00. The molecular formula is C31H34N2O5S. The van der Waals surface area contributed by atoms with Crippen LogP contribution < -0.4 is 9.47 Å². The van der Waals surface area contributed by atoms with Crippen molar-refractivity contribution >= 4 is 15.6 Å². The molecule has 0 amide bonds. The van der Waals surface area contributed by atoms with Gasteiger partial charge in [-0.05, 0) is 65.4 Å². The fourth-order valence-corrected chi connectivity index (χ4v) is 5.69. The highest BCUT2D eigenvalue weighted by molar-refractivity contribution is 7.92. The van der Waals surface area contributed by atoms with E-state index in [0.29, 0.717) is 17.9 Å². The van der Waals surface area contributed by atoms with Crippen LogP contribution in [0.15, 0.2) is 84.0 Å². The van der Waals surface area contributed by atoms with Crippen LogP contribution in [0.25, 0.3) is 22.3 Å². The third kappa shape index (κ3) is 7.15. The first-order chi connectivity index (χ1) is 18.5. The lowest BCUT2D eigenvalue weighted by Gasteiger charge is -2.17. The number of hydrogen-bond donors (Lipinski definition) is 0. The minimum Gasteiger partial charge on any atom is -0.497 e. The van der Waals surface area contributed by atoms with Gasteiger partial charge in [-0.1, -0.05) is 51.1 Å². The SMILES string of the molecule is CCn1cc(-c2ccc(Oc3cccc(-c4ccc(OC)cc4)c3)c(S(=O)(=O)CC(=O)CC(C)(C)C)c2)cn1. The van der Waals surface area contributed by atoms with Crippen molar-refractivity contribution in [2.24, 2.45) is 5.41 Å². The van der Waals surface area contributed by atoms with Crippen molar-refractivity contribution in [1.82, 2.24) is 9.78 Å². The predicted molar refractivity (Wildman–Crippen MR) is 153 cm³/mol. The van der Waals surface area contributed by atoms with Crippen molar-refractivity contribution in [2.75, 3.05) is 12.9 Å². The molecule has 204 valence electrons. The van der Waals surface area contributed by atoms with Gasteiger partial charge in [0, 0.05) is 24.7 Å². The molecule has 0 aliphatic heterocycles. The Balaban J connectivity index is 1.71. The number of benzene rings is 3. The number of aromatic nitrogens is 2. The fourth-order valence-electron chi connectivity index (χ4n) is 4.28. The first-order valence-corrected chi connectivity index (χ1v) is 14.5. The van der Waals surface area contributed by atoms with Crippen LogP contribution in [0.5, 0.6) is 17.2 Å². The Morgan fingerprint density at radius 2 is 1.59 bits per heavy atom. The van der Waals surface area contributed by atoms with Crippen LogP contribution in [-0.4, -0.2) is 36.8 Å². The number of Topliss-reactive ketones (excluding diaryl/α,β-unsaturated/α-hetero) is 1. The highest BCUT2D eigenvalue weighted by Crippen LogP contribution is 2.35. The van der Waals surface area contributed by atoms with E-state index in [4.69, 9.17) is 9.47 Å². The molecule has 1 heterocycles. The first-order valence-electron chi connectivity index (χ1n) is 12.8. The van der Waals surface area contributed by atoms with Crippen LogP contribution in [-0.2, 0) is 21.2 Å². The van der Waals surface area contributed by atoms with Gasteiger partial charge in [-0.15, -0.1) is 0 Å². The van der Waals surface area contributed by atoms with Gasteiger partial charge in [-0.25, -0.2) is 8.42 Å². The van der Waals surface area contributed by atoms with Crippen LogP contribution in [0.4, 0.5) is 0 Å². The number of nitrogens with zero attached hydrogens (tertiary/aromatic N) is 2. The zero-order chi connectivity index (χ0) is 28.2. The molecule has 7 nitrogen and oxygen atoms in total. The number of aryl methyl sites for hydroxylation is 1. The summed E-state index contributed by atoms with van der Waals surface area (Å²) in [5.74, 6) is 0.472. The van der Waals surface area contributed by atoms with Gasteiger partial charge >= 0.3 is 0 Å². The van der Waals surface area contributed by atoms with Gasteiger partial charge in [-0.3, -0.25) is 9.48 Å². The second kappa shape index (κ2) is 11.5. The Bertz CT molecular complexity index is 1570. The number of carbonyl (C=O) groups is 1. The Morgan fingerprint density at radius 1 is 0.897 bits per heavy atom. The molecule has 8 heteroatoms. The summed E-state index contributed by atoms with van der Waals surface area (Å²) in [5.41, 5.74) is 3.01. The molecule has 0 radical (unpaired) electrons. The summed E-state index contributed by atoms with van der Waals surface area (Å²) in [6, 6.07) is 20.1. The van der Waals surface area contributed by atoms with Crippen molar-refractivity contribution in [1.29, 1.82) is 0 Å². The fraction of sp³-hybridized carbons (Fsp3) is 0.290. The van der Waals surface area contributed by atoms with Gasteiger partial charge in [0.1, 0.15) is 33.7 Å². The van der Waals surface area contributed by atoms with Crippen molar-refractivity contribution < 1.29 is 22.7 Å².